The Morgan fingerprint density at radius 3 is 2.41 bits per heavy atom. The Kier molecular flexibility index (Phi) is 6.03. The van der Waals surface area contributed by atoms with E-state index < -0.39 is 10.1 Å². The lowest BCUT2D eigenvalue weighted by Crippen LogP contribution is -2.08. The smallest absolute Gasteiger partial charge is 0.266 e. The van der Waals surface area contributed by atoms with E-state index in [9.17, 15) is 8.42 Å². The summed E-state index contributed by atoms with van der Waals surface area (Å²) in [5.74, 6) is 0. The predicted octanol–water partition coefficient (Wildman–Crippen LogP) is 3.48. The highest BCUT2D eigenvalue weighted by Crippen LogP contribution is 2.14. The number of benzene rings is 2. The second-order valence-electron chi connectivity index (χ2n) is 6.37. The maximum atomic E-state index is 12.1. The molecule has 0 aliphatic heterocycles. The van der Waals surface area contributed by atoms with Gasteiger partial charge in [-0.15, -0.1) is 5.10 Å². The van der Waals surface area contributed by atoms with Gasteiger partial charge in [-0.05, 0) is 56.0 Å². The molecule has 3 aromatic rings. The monoisotopic (exact) mass is 385 g/mol. The van der Waals surface area contributed by atoms with Crippen molar-refractivity contribution in [1.29, 1.82) is 0 Å². The molecule has 2 aromatic carbocycles. The van der Waals surface area contributed by atoms with Crippen LogP contribution in [-0.4, -0.2) is 30.0 Å². The molecule has 3 rings (SSSR count). The van der Waals surface area contributed by atoms with E-state index >= 15 is 0 Å². The Morgan fingerprint density at radius 1 is 1.04 bits per heavy atom. The Hall–Kier alpha value is -2.51. The molecule has 0 saturated heterocycles. The van der Waals surface area contributed by atoms with Crippen LogP contribution in [0.5, 0.6) is 0 Å². The third-order valence-corrected chi connectivity index (χ3v) is 5.60. The molecule has 142 valence electrons. The lowest BCUT2D eigenvalue weighted by Gasteiger charge is -2.05. The zero-order chi connectivity index (χ0) is 19.3. The summed E-state index contributed by atoms with van der Waals surface area (Å²) < 4.78 is 31.1. The molecule has 1 heterocycles. The molecular weight excluding hydrogens is 362 g/mol. The minimum atomic E-state index is -3.72. The number of aryl methyl sites for hydroxylation is 3. The minimum absolute atomic E-state index is 0.105. The summed E-state index contributed by atoms with van der Waals surface area (Å²) in [5, 5.41) is 8.28. The molecule has 0 amide bonds. The number of nitrogens with zero attached hydrogens (tertiary/aromatic N) is 3. The summed E-state index contributed by atoms with van der Waals surface area (Å²) in [4.78, 5) is 0.176. The Labute approximate surface area is 159 Å². The lowest BCUT2D eigenvalue weighted by atomic mass is 10.1. The van der Waals surface area contributed by atoms with Crippen LogP contribution in [-0.2, 0) is 27.1 Å². The molecule has 0 atom stereocenters. The van der Waals surface area contributed by atoms with Gasteiger partial charge < -0.3 is 0 Å². The largest absolute Gasteiger partial charge is 0.296 e. The molecule has 0 saturated carbocycles. The van der Waals surface area contributed by atoms with Crippen LogP contribution in [0.15, 0.2) is 59.6 Å². The topological polar surface area (TPSA) is 74.1 Å². The Bertz CT molecular complexity index is 978. The number of rotatable bonds is 8. The first kappa shape index (κ1) is 19.3. The fraction of sp³-hybridized carbons (Fsp3) is 0.300. The molecule has 0 spiro atoms. The van der Waals surface area contributed by atoms with Crippen molar-refractivity contribution in [3.05, 3.63) is 71.5 Å². The summed E-state index contributed by atoms with van der Waals surface area (Å²) in [6.07, 6.45) is 3.98. The normalized spacial score (nSPS) is 11.6. The van der Waals surface area contributed by atoms with Gasteiger partial charge in [0.1, 0.15) is 0 Å². The van der Waals surface area contributed by atoms with Crippen molar-refractivity contribution < 1.29 is 12.6 Å². The molecule has 0 aliphatic carbocycles. The molecule has 0 aliphatic rings. The molecule has 6 nitrogen and oxygen atoms in total. The maximum Gasteiger partial charge on any atom is 0.296 e. The fourth-order valence-corrected chi connectivity index (χ4v) is 3.56. The molecular formula is C20H23N3O3S. The van der Waals surface area contributed by atoms with Gasteiger partial charge in [-0.1, -0.05) is 42.0 Å². The first-order chi connectivity index (χ1) is 13.0. The van der Waals surface area contributed by atoms with Gasteiger partial charge >= 0.3 is 0 Å². The lowest BCUT2D eigenvalue weighted by molar-refractivity contribution is 0.312. The maximum absolute atomic E-state index is 12.1. The van der Waals surface area contributed by atoms with E-state index in [1.807, 2.05) is 25.3 Å². The molecule has 0 N–H and O–H groups in total. The quantitative estimate of drug-likeness (QED) is 0.438. The van der Waals surface area contributed by atoms with E-state index in [2.05, 4.69) is 29.4 Å². The summed E-state index contributed by atoms with van der Waals surface area (Å²) >= 11 is 0. The number of hydrogen-bond acceptors (Lipinski definition) is 5. The second kappa shape index (κ2) is 8.45. The van der Waals surface area contributed by atoms with E-state index in [4.69, 9.17) is 4.18 Å². The molecule has 1 aromatic heterocycles. The average Bonchev–Trinajstić information content (AvgIpc) is 3.15. The zero-order valence-corrected chi connectivity index (χ0v) is 16.3. The van der Waals surface area contributed by atoms with Gasteiger partial charge in [-0.3, -0.25) is 4.18 Å². The standard InChI is InChI=1S/C20H23N3O3S/c1-3-17-8-10-19(11-9-17)23-15-18(21-22-23)5-4-14-26-27(24,25)20-12-6-16(2)7-13-20/h6-13,15H,3-5,14H2,1-2H3. The van der Waals surface area contributed by atoms with E-state index in [1.165, 1.54) is 5.56 Å². The van der Waals surface area contributed by atoms with Crippen LogP contribution in [0.3, 0.4) is 0 Å². The van der Waals surface area contributed by atoms with Crippen LogP contribution in [0.1, 0.15) is 30.2 Å². The zero-order valence-electron chi connectivity index (χ0n) is 15.5. The number of hydrogen-bond donors (Lipinski definition) is 0. The third-order valence-electron chi connectivity index (χ3n) is 4.28. The van der Waals surface area contributed by atoms with Crippen LogP contribution in [0.4, 0.5) is 0 Å². The van der Waals surface area contributed by atoms with E-state index in [1.54, 1.807) is 28.9 Å². The van der Waals surface area contributed by atoms with Crippen molar-refractivity contribution in [2.24, 2.45) is 0 Å². The summed E-state index contributed by atoms with van der Waals surface area (Å²) in [7, 11) is -3.72. The first-order valence-corrected chi connectivity index (χ1v) is 10.4. The van der Waals surface area contributed by atoms with Crippen molar-refractivity contribution >= 4 is 10.1 Å². The highest BCUT2D eigenvalue weighted by Gasteiger charge is 2.14. The van der Waals surface area contributed by atoms with Crippen LogP contribution >= 0.6 is 0 Å². The predicted molar refractivity (Wildman–Crippen MR) is 103 cm³/mol. The van der Waals surface area contributed by atoms with Crippen molar-refractivity contribution in [3.63, 3.8) is 0 Å². The van der Waals surface area contributed by atoms with E-state index in [0.29, 0.717) is 12.8 Å². The van der Waals surface area contributed by atoms with Crippen molar-refractivity contribution in [2.45, 2.75) is 38.0 Å². The molecule has 0 bridgehead atoms. The van der Waals surface area contributed by atoms with Crippen molar-refractivity contribution in [3.8, 4) is 5.69 Å². The van der Waals surface area contributed by atoms with Crippen molar-refractivity contribution in [2.75, 3.05) is 6.61 Å². The summed E-state index contributed by atoms with van der Waals surface area (Å²) in [5.41, 5.74) is 4.02. The fourth-order valence-electron chi connectivity index (χ4n) is 2.62. The molecule has 7 heteroatoms. The Balaban J connectivity index is 1.52. The van der Waals surface area contributed by atoms with Gasteiger partial charge in [-0.25, -0.2) is 4.68 Å². The average molecular weight is 385 g/mol. The number of aromatic nitrogens is 3. The van der Waals surface area contributed by atoms with Crippen LogP contribution in [0.2, 0.25) is 0 Å². The van der Waals surface area contributed by atoms with Gasteiger partial charge in [0.2, 0.25) is 0 Å². The van der Waals surface area contributed by atoms with Crippen LogP contribution in [0, 0.1) is 6.92 Å². The van der Waals surface area contributed by atoms with E-state index in [-0.39, 0.29) is 11.5 Å². The van der Waals surface area contributed by atoms with Gasteiger partial charge in [0.05, 0.1) is 29.1 Å². The van der Waals surface area contributed by atoms with Crippen molar-refractivity contribution in [1.82, 2.24) is 15.0 Å². The van der Waals surface area contributed by atoms with E-state index in [0.717, 1.165) is 23.4 Å². The minimum Gasteiger partial charge on any atom is -0.266 e. The SMILES string of the molecule is CCc1ccc(-n2cc(CCCOS(=O)(=O)c3ccc(C)cc3)nn2)cc1. The van der Waals surface area contributed by atoms with Crippen LogP contribution < -0.4 is 0 Å². The summed E-state index contributed by atoms with van der Waals surface area (Å²) in [6, 6.07) is 14.8. The highest BCUT2D eigenvalue weighted by atomic mass is 32.2. The van der Waals surface area contributed by atoms with Gasteiger partial charge in [0.25, 0.3) is 10.1 Å². The molecule has 0 radical (unpaired) electrons. The highest BCUT2D eigenvalue weighted by molar-refractivity contribution is 7.86. The molecule has 27 heavy (non-hydrogen) atoms. The second-order valence-corrected chi connectivity index (χ2v) is 7.98. The van der Waals surface area contributed by atoms with Gasteiger partial charge in [-0.2, -0.15) is 8.42 Å². The van der Waals surface area contributed by atoms with Gasteiger partial charge in [0.15, 0.2) is 0 Å². The summed E-state index contributed by atoms with van der Waals surface area (Å²) in [6.45, 7) is 4.13. The first-order valence-electron chi connectivity index (χ1n) is 8.94. The third kappa shape index (κ3) is 5.02. The van der Waals surface area contributed by atoms with Gasteiger partial charge in [0, 0.05) is 0 Å². The molecule has 0 fully saturated rings. The molecule has 0 unspecified atom stereocenters. The van der Waals surface area contributed by atoms with Crippen LogP contribution in [0.25, 0.3) is 5.69 Å². The Morgan fingerprint density at radius 2 is 1.74 bits per heavy atom.